The smallest absolute Gasteiger partial charge is 0.358 e. The van der Waals surface area contributed by atoms with Crippen molar-refractivity contribution in [1.29, 1.82) is 0 Å². The average molecular weight is 263 g/mol. The number of carbonyl (C=O) groups is 1. The van der Waals surface area contributed by atoms with Gasteiger partial charge >= 0.3 is 5.97 Å². The third kappa shape index (κ3) is 3.03. The second kappa shape index (κ2) is 5.15. The van der Waals surface area contributed by atoms with E-state index in [1.54, 1.807) is 6.20 Å². The molecule has 1 aromatic heterocycles. The monoisotopic (exact) mass is 263 g/mol. The van der Waals surface area contributed by atoms with Crippen LogP contribution in [-0.2, 0) is 0 Å². The Balaban J connectivity index is 2.12. The molecule has 104 valence electrons. The van der Waals surface area contributed by atoms with E-state index in [2.05, 4.69) is 30.7 Å². The van der Waals surface area contributed by atoms with Gasteiger partial charge in [0.25, 0.3) is 0 Å². The Morgan fingerprint density at radius 1 is 1.26 bits per heavy atom. The first-order chi connectivity index (χ1) is 8.89. The molecule has 0 spiro atoms. The van der Waals surface area contributed by atoms with Crippen LogP contribution in [0.25, 0.3) is 0 Å². The van der Waals surface area contributed by atoms with Crippen LogP contribution in [-0.4, -0.2) is 34.1 Å². The van der Waals surface area contributed by atoms with Gasteiger partial charge in [0.1, 0.15) is 0 Å². The van der Waals surface area contributed by atoms with Crippen molar-refractivity contribution in [1.82, 2.24) is 9.97 Å². The van der Waals surface area contributed by atoms with Crippen LogP contribution < -0.4 is 4.90 Å². The summed E-state index contributed by atoms with van der Waals surface area (Å²) in [5.74, 6) is 0.164. The second-order valence-electron chi connectivity index (χ2n) is 6.16. The van der Waals surface area contributed by atoms with Gasteiger partial charge in [-0.1, -0.05) is 20.8 Å². The van der Waals surface area contributed by atoms with Gasteiger partial charge in [-0.15, -0.1) is 0 Å². The van der Waals surface area contributed by atoms with Crippen molar-refractivity contribution in [3.05, 3.63) is 18.1 Å². The standard InChI is InChI=1S/C14H21N3O2/c1-14(2,3)10-4-8-17(9-5-10)12-11(13(18)19)15-6-7-16-12/h6-7,10H,4-5,8-9H2,1-3H3,(H,18,19). The summed E-state index contributed by atoms with van der Waals surface area (Å²) in [7, 11) is 0. The zero-order valence-corrected chi connectivity index (χ0v) is 11.8. The number of nitrogens with zero attached hydrogens (tertiary/aromatic N) is 3. The fraction of sp³-hybridized carbons (Fsp3) is 0.643. The molecule has 5 heteroatoms. The van der Waals surface area contributed by atoms with Gasteiger partial charge in [0.05, 0.1) is 0 Å². The third-order valence-electron chi connectivity index (χ3n) is 3.90. The summed E-state index contributed by atoms with van der Waals surface area (Å²) in [5, 5.41) is 9.15. The van der Waals surface area contributed by atoms with Crippen LogP contribution in [0.2, 0.25) is 0 Å². The molecule has 1 saturated heterocycles. The summed E-state index contributed by atoms with van der Waals surface area (Å²) < 4.78 is 0. The summed E-state index contributed by atoms with van der Waals surface area (Å²) in [6.45, 7) is 8.48. The second-order valence-corrected chi connectivity index (χ2v) is 6.16. The molecule has 1 aliphatic heterocycles. The molecule has 0 atom stereocenters. The highest BCUT2D eigenvalue weighted by atomic mass is 16.4. The molecule has 0 unspecified atom stereocenters. The van der Waals surface area contributed by atoms with Crippen molar-refractivity contribution >= 4 is 11.8 Å². The molecule has 0 bridgehead atoms. The van der Waals surface area contributed by atoms with Crippen LogP contribution in [0.4, 0.5) is 5.82 Å². The molecule has 2 heterocycles. The molecule has 5 nitrogen and oxygen atoms in total. The number of hydrogen-bond acceptors (Lipinski definition) is 4. The SMILES string of the molecule is CC(C)(C)C1CCN(c2nccnc2C(=O)O)CC1. The third-order valence-corrected chi connectivity index (χ3v) is 3.90. The summed E-state index contributed by atoms with van der Waals surface area (Å²) in [6.07, 6.45) is 5.12. The summed E-state index contributed by atoms with van der Waals surface area (Å²) >= 11 is 0. The molecule has 2 rings (SSSR count). The van der Waals surface area contributed by atoms with Crippen molar-refractivity contribution in [2.45, 2.75) is 33.6 Å². The Bertz CT molecular complexity index is 460. The first-order valence-corrected chi connectivity index (χ1v) is 6.69. The van der Waals surface area contributed by atoms with Gasteiger partial charge < -0.3 is 10.0 Å². The van der Waals surface area contributed by atoms with Crippen molar-refractivity contribution in [2.75, 3.05) is 18.0 Å². The van der Waals surface area contributed by atoms with E-state index in [9.17, 15) is 4.79 Å². The van der Waals surface area contributed by atoms with Crippen LogP contribution in [0.3, 0.4) is 0 Å². The van der Waals surface area contributed by atoms with E-state index in [0.29, 0.717) is 17.2 Å². The van der Waals surface area contributed by atoms with E-state index in [-0.39, 0.29) is 5.69 Å². The van der Waals surface area contributed by atoms with Gasteiger partial charge in [0.2, 0.25) is 0 Å². The average Bonchev–Trinajstić information content (AvgIpc) is 2.38. The first kappa shape index (κ1) is 13.8. The van der Waals surface area contributed by atoms with Gasteiger partial charge in [-0.25, -0.2) is 14.8 Å². The van der Waals surface area contributed by atoms with Gasteiger partial charge in [-0.05, 0) is 24.2 Å². The molecule has 0 radical (unpaired) electrons. The van der Waals surface area contributed by atoms with E-state index >= 15 is 0 Å². The number of carboxylic acids is 1. The molecule has 0 saturated carbocycles. The molecule has 1 fully saturated rings. The molecule has 1 aromatic rings. The topological polar surface area (TPSA) is 66.3 Å². The van der Waals surface area contributed by atoms with E-state index in [4.69, 9.17) is 5.11 Å². The van der Waals surface area contributed by atoms with Crippen molar-refractivity contribution < 1.29 is 9.90 Å². The van der Waals surface area contributed by atoms with Crippen molar-refractivity contribution in [3.8, 4) is 0 Å². The number of piperidine rings is 1. The molecule has 19 heavy (non-hydrogen) atoms. The maximum absolute atomic E-state index is 11.2. The number of aromatic nitrogens is 2. The molecular weight excluding hydrogens is 242 g/mol. The minimum atomic E-state index is -1.01. The van der Waals surface area contributed by atoms with Crippen LogP contribution >= 0.6 is 0 Å². The van der Waals surface area contributed by atoms with Gasteiger partial charge in [0, 0.05) is 25.5 Å². The molecule has 0 aliphatic carbocycles. The fourth-order valence-electron chi connectivity index (χ4n) is 2.67. The molecule has 1 N–H and O–H groups in total. The van der Waals surface area contributed by atoms with Crippen molar-refractivity contribution in [3.63, 3.8) is 0 Å². The Hall–Kier alpha value is -1.65. The Kier molecular flexibility index (Phi) is 3.73. The Morgan fingerprint density at radius 3 is 2.37 bits per heavy atom. The fourth-order valence-corrected chi connectivity index (χ4v) is 2.67. The number of anilines is 1. The minimum absolute atomic E-state index is 0.0525. The van der Waals surface area contributed by atoms with Crippen LogP contribution in [0.15, 0.2) is 12.4 Å². The Morgan fingerprint density at radius 2 is 1.84 bits per heavy atom. The normalized spacial score (nSPS) is 17.5. The lowest BCUT2D eigenvalue weighted by atomic mass is 9.75. The zero-order valence-electron chi connectivity index (χ0n) is 11.8. The van der Waals surface area contributed by atoms with Crippen LogP contribution in [0, 0.1) is 11.3 Å². The van der Waals surface area contributed by atoms with E-state index in [1.165, 1.54) is 6.20 Å². The van der Waals surface area contributed by atoms with E-state index < -0.39 is 5.97 Å². The Labute approximate surface area is 113 Å². The summed E-state index contributed by atoms with van der Waals surface area (Å²) in [4.78, 5) is 21.3. The highest BCUT2D eigenvalue weighted by Crippen LogP contribution is 2.35. The largest absolute Gasteiger partial charge is 0.476 e. The minimum Gasteiger partial charge on any atom is -0.476 e. The number of hydrogen-bond donors (Lipinski definition) is 1. The van der Waals surface area contributed by atoms with Crippen molar-refractivity contribution in [2.24, 2.45) is 11.3 Å². The first-order valence-electron chi connectivity index (χ1n) is 6.69. The lowest BCUT2D eigenvalue weighted by molar-refractivity contribution is 0.0690. The van der Waals surface area contributed by atoms with E-state index in [1.807, 2.05) is 4.90 Å². The maximum Gasteiger partial charge on any atom is 0.358 e. The zero-order chi connectivity index (χ0) is 14.0. The highest BCUT2D eigenvalue weighted by molar-refractivity contribution is 5.90. The predicted molar refractivity (Wildman–Crippen MR) is 73.4 cm³/mol. The van der Waals surface area contributed by atoms with Crippen LogP contribution in [0.1, 0.15) is 44.1 Å². The number of rotatable bonds is 2. The molecule has 0 aromatic carbocycles. The molecular formula is C14H21N3O2. The number of carboxylic acid groups (broad SMARTS) is 1. The molecule has 0 amide bonds. The maximum atomic E-state index is 11.2. The van der Waals surface area contributed by atoms with Gasteiger partial charge in [0.15, 0.2) is 11.5 Å². The highest BCUT2D eigenvalue weighted by Gasteiger charge is 2.30. The number of aromatic carboxylic acids is 1. The quantitative estimate of drug-likeness (QED) is 0.887. The molecule has 1 aliphatic rings. The lowest BCUT2D eigenvalue weighted by Gasteiger charge is -2.39. The summed E-state index contributed by atoms with van der Waals surface area (Å²) in [5.41, 5.74) is 0.362. The van der Waals surface area contributed by atoms with E-state index in [0.717, 1.165) is 25.9 Å². The lowest BCUT2D eigenvalue weighted by Crippen LogP contribution is -2.39. The van der Waals surface area contributed by atoms with Gasteiger partial charge in [-0.2, -0.15) is 0 Å². The van der Waals surface area contributed by atoms with Gasteiger partial charge in [-0.3, -0.25) is 0 Å². The summed E-state index contributed by atoms with van der Waals surface area (Å²) in [6, 6.07) is 0. The predicted octanol–water partition coefficient (Wildman–Crippen LogP) is 2.44. The van der Waals surface area contributed by atoms with Crippen LogP contribution in [0.5, 0.6) is 0 Å².